The molecule has 2 amide bonds. The number of carbonyl (C=O) groups excluding carboxylic acids is 2. The van der Waals surface area contributed by atoms with Gasteiger partial charge in [0.2, 0.25) is 5.91 Å². The molecule has 6 nitrogen and oxygen atoms in total. The van der Waals surface area contributed by atoms with Gasteiger partial charge in [0.05, 0.1) is 25.9 Å². The fourth-order valence-corrected chi connectivity index (χ4v) is 1.93. The van der Waals surface area contributed by atoms with Gasteiger partial charge in [0.1, 0.15) is 11.9 Å². The molecule has 0 spiro atoms. The highest BCUT2D eigenvalue weighted by Crippen LogP contribution is 2.30. The van der Waals surface area contributed by atoms with Gasteiger partial charge in [-0.15, -0.1) is 0 Å². The van der Waals surface area contributed by atoms with E-state index in [-0.39, 0.29) is 12.0 Å². The molecule has 0 saturated carbocycles. The molecule has 1 N–H and O–H groups in total. The molecule has 19 heavy (non-hydrogen) atoms. The Hall–Kier alpha value is -2.24. The summed E-state index contributed by atoms with van der Waals surface area (Å²) in [5.74, 6) is 0.464. The normalized spacial score (nSPS) is 18.1. The number of nitrogens with one attached hydrogen (secondary N) is 1. The van der Waals surface area contributed by atoms with E-state index in [2.05, 4.69) is 5.32 Å². The Bertz CT molecular complexity index is 489. The number of hydrogen-bond acceptors (Lipinski definition) is 4. The maximum absolute atomic E-state index is 11.8. The molecule has 102 valence electrons. The van der Waals surface area contributed by atoms with Crippen molar-refractivity contribution in [1.82, 2.24) is 5.32 Å². The van der Waals surface area contributed by atoms with Gasteiger partial charge in [0, 0.05) is 6.92 Å². The summed E-state index contributed by atoms with van der Waals surface area (Å²) in [6, 6.07) is 7.23. The van der Waals surface area contributed by atoms with Crippen LogP contribution in [0.25, 0.3) is 0 Å². The van der Waals surface area contributed by atoms with E-state index in [0.717, 1.165) is 0 Å². The Morgan fingerprint density at radius 2 is 2.26 bits per heavy atom. The van der Waals surface area contributed by atoms with Crippen LogP contribution in [0.4, 0.5) is 10.5 Å². The Labute approximate surface area is 111 Å². The molecule has 1 aliphatic heterocycles. The van der Waals surface area contributed by atoms with Crippen LogP contribution in [0.3, 0.4) is 0 Å². The Kier molecular flexibility index (Phi) is 3.89. The maximum Gasteiger partial charge on any atom is 0.414 e. The number of rotatable bonds is 4. The summed E-state index contributed by atoms with van der Waals surface area (Å²) >= 11 is 0. The predicted molar refractivity (Wildman–Crippen MR) is 69.3 cm³/mol. The second-order valence-electron chi connectivity index (χ2n) is 4.23. The highest BCUT2D eigenvalue weighted by Gasteiger charge is 2.33. The molecule has 1 fully saturated rings. The first-order valence-corrected chi connectivity index (χ1v) is 5.97. The predicted octanol–water partition coefficient (Wildman–Crippen LogP) is 1.16. The number of hydrogen-bond donors (Lipinski definition) is 1. The van der Waals surface area contributed by atoms with Crippen molar-refractivity contribution in [3.05, 3.63) is 24.3 Å². The lowest BCUT2D eigenvalue weighted by molar-refractivity contribution is -0.119. The average Bonchev–Trinajstić information content (AvgIpc) is 2.77. The van der Waals surface area contributed by atoms with Crippen molar-refractivity contribution in [3.8, 4) is 5.75 Å². The number of anilines is 1. The van der Waals surface area contributed by atoms with Gasteiger partial charge >= 0.3 is 6.09 Å². The number of amides is 2. The minimum atomic E-state index is -0.431. The second-order valence-corrected chi connectivity index (χ2v) is 4.23. The first-order chi connectivity index (χ1) is 9.11. The monoisotopic (exact) mass is 264 g/mol. The lowest BCUT2D eigenvalue weighted by atomic mass is 10.2. The zero-order valence-corrected chi connectivity index (χ0v) is 10.9. The molecule has 2 rings (SSSR count). The van der Waals surface area contributed by atoms with Crippen molar-refractivity contribution < 1.29 is 19.1 Å². The van der Waals surface area contributed by atoms with Crippen LogP contribution in [0.2, 0.25) is 0 Å². The van der Waals surface area contributed by atoms with Crippen LogP contribution in [-0.2, 0) is 9.53 Å². The highest BCUT2D eigenvalue weighted by atomic mass is 16.6. The molecule has 6 heteroatoms. The molecule has 0 radical (unpaired) electrons. The van der Waals surface area contributed by atoms with Crippen LogP contribution < -0.4 is 15.0 Å². The molecule has 1 heterocycles. The van der Waals surface area contributed by atoms with Gasteiger partial charge in [0.15, 0.2) is 0 Å². The molecule has 1 aromatic rings. The first kappa shape index (κ1) is 13.2. The number of cyclic esters (lactones) is 1. The molecule has 0 bridgehead atoms. The molecular formula is C13H16N2O4. The van der Waals surface area contributed by atoms with Crippen molar-refractivity contribution in [1.29, 1.82) is 0 Å². The molecule has 1 aliphatic rings. The van der Waals surface area contributed by atoms with Crippen molar-refractivity contribution >= 4 is 17.7 Å². The summed E-state index contributed by atoms with van der Waals surface area (Å²) < 4.78 is 10.4. The molecular weight excluding hydrogens is 248 g/mol. The van der Waals surface area contributed by atoms with E-state index in [1.54, 1.807) is 19.2 Å². The quantitative estimate of drug-likeness (QED) is 0.886. The average molecular weight is 264 g/mol. The Morgan fingerprint density at radius 1 is 1.53 bits per heavy atom. The molecule has 1 atom stereocenters. The zero-order valence-electron chi connectivity index (χ0n) is 10.9. The van der Waals surface area contributed by atoms with Crippen LogP contribution in [0.5, 0.6) is 5.75 Å². The fourth-order valence-electron chi connectivity index (χ4n) is 1.93. The molecule has 1 saturated heterocycles. The van der Waals surface area contributed by atoms with Crippen molar-refractivity contribution in [3.63, 3.8) is 0 Å². The molecule has 1 unspecified atom stereocenters. The summed E-state index contributed by atoms with van der Waals surface area (Å²) in [7, 11) is 1.55. The zero-order chi connectivity index (χ0) is 13.8. The molecule has 0 aromatic heterocycles. The van der Waals surface area contributed by atoms with Crippen molar-refractivity contribution in [2.75, 3.05) is 25.1 Å². The lowest BCUT2D eigenvalue weighted by Crippen LogP contribution is -2.33. The first-order valence-electron chi connectivity index (χ1n) is 5.97. The molecule has 1 aromatic carbocycles. The third kappa shape index (κ3) is 2.96. The SMILES string of the molecule is COc1ccccc1N1CC(CNC(C)=O)OC1=O. The standard InChI is InChI=1S/C13H16N2O4/c1-9(16)14-7-10-8-15(13(17)19-10)11-5-3-4-6-12(11)18-2/h3-6,10H,7-8H2,1-2H3,(H,14,16). The summed E-state index contributed by atoms with van der Waals surface area (Å²) in [5, 5.41) is 2.63. The van der Waals surface area contributed by atoms with E-state index in [9.17, 15) is 9.59 Å². The summed E-state index contributed by atoms with van der Waals surface area (Å²) in [6.45, 7) is 2.13. The van der Waals surface area contributed by atoms with Gasteiger partial charge in [-0.25, -0.2) is 4.79 Å². The van der Waals surface area contributed by atoms with E-state index in [0.29, 0.717) is 24.5 Å². The Balaban J connectivity index is 2.09. The van der Waals surface area contributed by atoms with E-state index >= 15 is 0 Å². The smallest absolute Gasteiger partial charge is 0.414 e. The van der Waals surface area contributed by atoms with Gasteiger partial charge in [-0.1, -0.05) is 12.1 Å². The third-order valence-electron chi connectivity index (χ3n) is 2.83. The largest absolute Gasteiger partial charge is 0.495 e. The number of ether oxygens (including phenoxy) is 2. The summed E-state index contributed by atoms with van der Waals surface area (Å²) in [6.07, 6.45) is -0.777. The number of carbonyl (C=O) groups is 2. The van der Waals surface area contributed by atoms with Gasteiger partial charge in [0.25, 0.3) is 0 Å². The van der Waals surface area contributed by atoms with Crippen LogP contribution >= 0.6 is 0 Å². The van der Waals surface area contributed by atoms with Crippen LogP contribution in [0.1, 0.15) is 6.92 Å². The van der Waals surface area contributed by atoms with Crippen LogP contribution in [0, 0.1) is 0 Å². The van der Waals surface area contributed by atoms with Crippen LogP contribution in [0.15, 0.2) is 24.3 Å². The third-order valence-corrected chi connectivity index (χ3v) is 2.83. The Morgan fingerprint density at radius 3 is 2.95 bits per heavy atom. The summed E-state index contributed by atoms with van der Waals surface area (Å²) in [4.78, 5) is 24.2. The lowest BCUT2D eigenvalue weighted by Gasteiger charge is -2.16. The minimum absolute atomic E-state index is 0.146. The fraction of sp³-hybridized carbons (Fsp3) is 0.385. The number of benzene rings is 1. The van der Waals surface area contributed by atoms with E-state index in [4.69, 9.17) is 9.47 Å². The minimum Gasteiger partial charge on any atom is -0.495 e. The number of methoxy groups -OCH3 is 1. The van der Waals surface area contributed by atoms with E-state index in [1.165, 1.54) is 11.8 Å². The van der Waals surface area contributed by atoms with E-state index in [1.807, 2.05) is 12.1 Å². The number of para-hydroxylation sites is 2. The van der Waals surface area contributed by atoms with Gasteiger partial charge in [-0.2, -0.15) is 0 Å². The van der Waals surface area contributed by atoms with Crippen LogP contribution in [-0.4, -0.2) is 38.3 Å². The van der Waals surface area contributed by atoms with Crippen molar-refractivity contribution in [2.45, 2.75) is 13.0 Å². The van der Waals surface area contributed by atoms with Gasteiger partial charge in [-0.05, 0) is 12.1 Å². The topological polar surface area (TPSA) is 67.9 Å². The van der Waals surface area contributed by atoms with Gasteiger partial charge in [-0.3, -0.25) is 9.69 Å². The summed E-state index contributed by atoms with van der Waals surface area (Å²) in [5.41, 5.74) is 0.667. The maximum atomic E-state index is 11.8. The van der Waals surface area contributed by atoms with E-state index < -0.39 is 6.09 Å². The highest BCUT2D eigenvalue weighted by molar-refractivity contribution is 5.91. The second kappa shape index (κ2) is 5.60. The number of nitrogens with zero attached hydrogens (tertiary/aromatic N) is 1. The van der Waals surface area contributed by atoms with Gasteiger partial charge < -0.3 is 14.8 Å². The molecule has 0 aliphatic carbocycles. The van der Waals surface area contributed by atoms with Crippen molar-refractivity contribution in [2.24, 2.45) is 0 Å².